The van der Waals surface area contributed by atoms with E-state index >= 15 is 0 Å². The largest absolute Gasteiger partial charge is 0.411 e. The molecular formula is C8H10N2O. The Balaban J connectivity index is 2.39. The first-order valence-corrected chi connectivity index (χ1v) is 3.38. The van der Waals surface area contributed by atoms with Crippen molar-refractivity contribution in [2.75, 3.05) is 11.9 Å². The second-order valence-electron chi connectivity index (χ2n) is 2.04. The van der Waals surface area contributed by atoms with Gasteiger partial charge in [0.15, 0.2) is 0 Å². The molecule has 0 bridgehead atoms. The second-order valence-corrected chi connectivity index (χ2v) is 2.04. The summed E-state index contributed by atoms with van der Waals surface area (Å²) in [7, 11) is 0. The molecule has 1 aromatic carbocycles. The molecule has 0 spiro atoms. The summed E-state index contributed by atoms with van der Waals surface area (Å²) >= 11 is 0. The van der Waals surface area contributed by atoms with E-state index in [2.05, 4.69) is 10.5 Å². The molecule has 0 fully saturated rings. The van der Waals surface area contributed by atoms with Gasteiger partial charge >= 0.3 is 0 Å². The van der Waals surface area contributed by atoms with Crippen LogP contribution >= 0.6 is 0 Å². The maximum Gasteiger partial charge on any atom is 0.0627 e. The number of para-hydroxylation sites is 1. The van der Waals surface area contributed by atoms with Crippen molar-refractivity contribution in [1.82, 2.24) is 0 Å². The fourth-order valence-corrected chi connectivity index (χ4v) is 0.760. The van der Waals surface area contributed by atoms with E-state index in [0.717, 1.165) is 5.69 Å². The minimum Gasteiger partial charge on any atom is -0.411 e. The van der Waals surface area contributed by atoms with Crippen LogP contribution in [0.5, 0.6) is 0 Å². The number of benzene rings is 1. The SMILES string of the molecule is O/N=C/CNc1ccccc1. The summed E-state index contributed by atoms with van der Waals surface area (Å²) in [6.07, 6.45) is 1.40. The molecule has 1 aromatic rings. The van der Waals surface area contributed by atoms with Crippen LogP contribution in [0.2, 0.25) is 0 Å². The van der Waals surface area contributed by atoms with E-state index in [9.17, 15) is 0 Å². The van der Waals surface area contributed by atoms with Gasteiger partial charge in [-0.3, -0.25) is 0 Å². The first-order valence-electron chi connectivity index (χ1n) is 3.38. The highest BCUT2D eigenvalue weighted by Crippen LogP contribution is 2.02. The lowest BCUT2D eigenvalue weighted by Gasteiger charge is -1.99. The molecule has 3 heteroatoms. The molecule has 0 saturated carbocycles. The molecule has 0 aromatic heterocycles. The van der Waals surface area contributed by atoms with Gasteiger partial charge in [-0.1, -0.05) is 18.2 Å². The van der Waals surface area contributed by atoms with Gasteiger partial charge < -0.3 is 10.5 Å². The molecule has 0 atom stereocenters. The molecule has 2 N–H and O–H groups in total. The lowest BCUT2D eigenvalue weighted by Crippen LogP contribution is -2.01. The minimum absolute atomic E-state index is 0.542. The van der Waals surface area contributed by atoms with E-state index in [1.165, 1.54) is 6.21 Å². The maximum atomic E-state index is 8.07. The van der Waals surface area contributed by atoms with Gasteiger partial charge in [-0.15, -0.1) is 5.16 Å². The Kier molecular flexibility index (Phi) is 2.99. The Morgan fingerprint density at radius 1 is 1.36 bits per heavy atom. The standard InChI is InChI=1S/C8H10N2O/c11-10-7-6-9-8-4-2-1-3-5-8/h1-5,7,9,11H,6H2/b10-7+. The monoisotopic (exact) mass is 150 g/mol. The number of nitrogens with one attached hydrogen (secondary N) is 1. The number of rotatable bonds is 3. The molecule has 1 rings (SSSR count). The third-order valence-corrected chi connectivity index (χ3v) is 1.25. The fourth-order valence-electron chi connectivity index (χ4n) is 0.760. The van der Waals surface area contributed by atoms with Crippen LogP contribution in [0.4, 0.5) is 5.69 Å². The Hall–Kier alpha value is -1.51. The molecule has 0 saturated heterocycles. The average Bonchev–Trinajstić information content (AvgIpc) is 2.07. The zero-order valence-corrected chi connectivity index (χ0v) is 6.07. The van der Waals surface area contributed by atoms with E-state index in [-0.39, 0.29) is 0 Å². The third kappa shape index (κ3) is 2.71. The number of anilines is 1. The van der Waals surface area contributed by atoms with E-state index in [0.29, 0.717) is 6.54 Å². The van der Waals surface area contributed by atoms with Gasteiger partial charge in [0.1, 0.15) is 0 Å². The van der Waals surface area contributed by atoms with Gasteiger partial charge in [-0.05, 0) is 12.1 Å². The highest BCUT2D eigenvalue weighted by Gasteiger charge is 1.84. The van der Waals surface area contributed by atoms with Gasteiger partial charge in [-0.25, -0.2) is 0 Å². The second kappa shape index (κ2) is 4.33. The molecule has 0 aliphatic carbocycles. The normalized spacial score (nSPS) is 10.2. The van der Waals surface area contributed by atoms with Crippen molar-refractivity contribution in [1.29, 1.82) is 0 Å². The predicted octanol–water partition coefficient (Wildman–Crippen LogP) is 1.56. The van der Waals surface area contributed by atoms with Crippen molar-refractivity contribution in [2.24, 2.45) is 5.16 Å². The van der Waals surface area contributed by atoms with Gasteiger partial charge in [0, 0.05) is 5.69 Å². The molecule has 0 aliphatic rings. The van der Waals surface area contributed by atoms with E-state index in [4.69, 9.17) is 5.21 Å². The first-order chi connectivity index (χ1) is 5.43. The number of nitrogens with zero attached hydrogens (tertiary/aromatic N) is 1. The summed E-state index contributed by atoms with van der Waals surface area (Å²) in [5.74, 6) is 0. The van der Waals surface area contributed by atoms with Gasteiger partial charge in [0.2, 0.25) is 0 Å². The summed E-state index contributed by atoms with van der Waals surface area (Å²) in [6.45, 7) is 0.542. The minimum atomic E-state index is 0.542. The predicted molar refractivity (Wildman–Crippen MR) is 45.2 cm³/mol. The highest BCUT2D eigenvalue weighted by molar-refractivity contribution is 5.63. The topological polar surface area (TPSA) is 44.6 Å². The smallest absolute Gasteiger partial charge is 0.0627 e. The van der Waals surface area contributed by atoms with Gasteiger partial charge in [-0.2, -0.15) is 0 Å². The molecule has 11 heavy (non-hydrogen) atoms. The van der Waals surface area contributed by atoms with Crippen LogP contribution in [0.1, 0.15) is 0 Å². The van der Waals surface area contributed by atoms with Crippen molar-refractivity contribution in [3.63, 3.8) is 0 Å². The number of hydrogen-bond donors (Lipinski definition) is 2. The molecule has 0 radical (unpaired) electrons. The maximum absolute atomic E-state index is 8.07. The summed E-state index contributed by atoms with van der Waals surface area (Å²) < 4.78 is 0. The van der Waals surface area contributed by atoms with E-state index < -0.39 is 0 Å². The molecule has 0 unspecified atom stereocenters. The van der Waals surface area contributed by atoms with Crippen LogP contribution in [-0.4, -0.2) is 18.0 Å². The van der Waals surface area contributed by atoms with Crippen LogP contribution in [0.25, 0.3) is 0 Å². The molecule has 58 valence electrons. The Morgan fingerprint density at radius 2 is 2.09 bits per heavy atom. The molecule has 0 aliphatic heterocycles. The van der Waals surface area contributed by atoms with E-state index in [1.807, 2.05) is 30.3 Å². The number of oxime groups is 1. The van der Waals surface area contributed by atoms with Crippen molar-refractivity contribution in [3.8, 4) is 0 Å². The molecular weight excluding hydrogens is 140 g/mol. The molecule has 0 heterocycles. The number of hydrogen-bond acceptors (Lipinski definition) is 3. The Labute approximate surface area is 65.4 Å². The van der Waals surface area contributed by atoms with Crippen LogP contribution in [0.3, 0.4) is 0 Å². The third-order valence-electron chi connectivity index (χ3n) is 1.25. The first kappa shape index (κ1) is 7.60. The Bertz CT molecular complexity index is 221. The van der Waals surface area contributed by atoms with Crippen molar-refractivity contribution in [2.45, 2.75) is 0 Å². The Morgan fingerprint density at radius 3 is 2.73 bits per heavy atom. The van der Waals surface area contributed by atoms with Crippen molar-refractivity contribution >= 4 is 11.9 Å². The molecule has 3 nitrogen and oxygen atoms in total. The zero-order chi connectivity index (χ0) is 7.94. The van der Waals surface area contributed by atoms with Crippen LogP contribution in [-0.2, 0) is 0 Å². The van der Waals surface area contributed by atoms with Crippen molar-refractivity contribution in [3.05, 3.63) is 30.3 Å². The zero-order valence-electron chi connectivity index (χ0n) is 6.07. The quantitative estimate of drug-likeness (QED) is 0.390. The lowest BCUT2D eigenvalue weighted by atomic mass is 10.3. The van der Waals surface area contributed by atoms with Gasteiger partial charge in [0.05, 0.1) is 12.8 Å². The average molecular weight is 150 g/mol. The van der Waals surface area contributed by atoms with Crippen LogP contribution < -0.4 is 5.32 Å². The fraction of sp³-hybridized carbons (Fsp3) is 0.125. The summed E-state index contributed by atoms with van der Waals surface area (Å²) in [5.41, 5.74) is 1.02. The summed E-state index contributed by atoms with van der Waals surface area (Å²) in [6, 6.07) is 9.73. The van der Waals surface area contributed by atoms with E-state index in [1.54, 1.807) is 0 Å². The van der Waals surface area contributed by atoms with Crippen LogP contribution in [0.15, 0.2) is 35.5 Å². The van der Waals surface area contributed by atoms with Crippen molar-refractivity contribution < 1.29 is 5.21 Å². The summed E-state index contributed by atoms with van der Waals surface area (Å²) in [4.78, 5) is 0. The highest BCUT2D eigenvalue weighted by atomic mass is 16.4. The lowest BCUT2D eigenvalue weighted by molar-refractivity contribution is 0.321. The van der Waals surface area contributed by atoms with Crippen LogP contribution in [0, 0.1) is 0 Å². The molecule has 0 amide bonds. The van der Waals surface area contributed by atoms with Gasteiger partial charge in [0.25, 0.3) is 0 Å². The summed E-state index contributed by atoms with van der Waals surface area (Å²) in [5, 5.41) is 14.0.